The summed E-state index contributed by atoms with van der Waals surface area (Å²) >= 11 is 3.27. The fourth-order valence-electron chi connectivity index (χ4n) is 2.84. The highest BCUT2D eigenvalue weighted by Gasteiger charge is 2.33. The van der Waals surface area contributed by atoms with Gasteiger partial charge in [-0.1, -0.05) is 0 Å². The van der Waals surface area contributed by atoms with E-state index in [1.54, 1.807) is 6.07 Å². The second kappa shape index (κ2) is 6.43. The zero-order valence-corrected chi connectivity index (χ0v) is 13.5. The first-order valence-corrected chi connectivity index (χ1v) is 7.57. The minimum Gasteiger partial charge on any atom is -0.481 e. The Labute approximate surface area is 135 Å². The van der Waals surface area contributed by atoms with Gasteiger partial charge < -0.3 is 10.4 Å². The quantitative estimate of drug-likeness (QED) is 0.611. The number of carbonyl (C=O) groups excluding carboxylic acids is 1. The van der Waals surface area contributed by atoms with E-state index in [-0.39, 0.29) is 29.6 Å². The van der Waals surface area contributed by atoms with Gasteiger partial charge in [-0.3, -0.25) is 19.7 Å². The number of benzene rings is 1. The number of amides is 1. The summed E-state index contributed by atoms with van der Waals surface area (Å²) in [7, 11) is 0. The van der Waals surface area contributed by atoms with E-state index in [2.05, 4.69) is 21.2 Å². The number of halogens is 1. The van der Waals surface area contributed by atoms with Crippen LogP contribution in [-0.2, 0) is 22.4 Å². The van der Waals surface area contributed by atoms with E-state index in [1.807, 2.05) is 0 Å². The molecule has 2 N–H and O–H groups in total. The molecule has 0 aromatic heterocycles. The van der Waals surface area contributed by atoms with Crippen LogP contribution < -0.4 is 5.32 Å². The Balaban J connectivity index is 2.38. The number of hydrogen-bond acceptors (Lipinski definition) is 4. The molecule has 1 aliphatic rings. The molecule has 22 heavy (non-hydrogen) atoms. The topological polar surface area (TPSA) is 110 Å². The number of rotatable bonds is 5. The Bertz CT molecular complexity index is 659. The Hall–Kier alpha value is -1.96. The average Bonchev–Trinajstić information content (AvgIpc) is 2.78. The highest BCUT2D eigenvalue weighted by Crippen LogP contribution is 2.44. The van der Waals surface area contributed by atoms with E-state index in [9.17, 15) is 19.7 Å². The number of fused-ring (bicyclic) bond motifs is 1. The van der Waals surface area contributed by atoms with Crippen LogP contribution in [0.15, 0.2) is 10.5 Å². The zero-order valence-electron chi connectivity index (χ0n) is 11.9. The molecule has 2 rings (SSSR count). The van der Waals surface area contributed by atoms with Gasteiger partial charge in [0.15, 0.2) is 0 Å². The second-order valence-electron chi connectivity index (χ2n) is 5.36. The van der Waals surface area contributed by atoms with E-state index in [0.717, 1.165) is 5.56 Å². The van der Waals surface area contributed by atoms with Crippen LogP contribution in [0, 0.1) is 16.0 Å². The van der Waals surface area contributed by atoms with Crippen molar-refractivity contribution in [2.75, 3.05) is 5.32 Å². The molecule has 7 nitrogen and oxygen atoms in total. The Morgan fingerprint density at radius 2 is 2.18 bits per heavy atom. The van der Waals surface area contributed by atoms with Crippen molar-refractivity contribution >= 4 is 39.2 Å². The highest BCUT2D eigenvalue weighted by atomic mass is 79.9. The molecule has 0 bridgehead atoms. The first-order chi connectivity index (χ1) is 10.3. The van der Waals surface area contributed by atoms with Crippen molar-refractivity contribution in [3.8, 4) is 0 Å². The summed E-state index contributed by atoms with van der Waals surface area (Å²) < 4.78 is 0.465. The van der Waals surface area contributed by atoms with Crippen LogP contribution in [0.25, 0.3) is 0 Å². The van der Waals surface area contributed by atoms with Gasteiger partial charge in [0.2, 0.25) is 5.91 Å². The number of carboxylic acids is 1. The minimum atomic E-state index is -0.870. The van der Waals surface area contributed by atoms with Gasteiger partial charge in [-0.05, 0) is 52.7 Å². The Morgan fingerprint density at radius 1 is 1.50 bits per heavy atom. The second-order valence-corrected chi connectivity index (χ2v) is 6.22. The van der Waals surface area contributed by atoms with Crippen LogP contribution in [0.1, 0.15) is 30.9 Å². The summed E-state index contributed by atoms with van der Waals surface area (Å²) in [6.45, 7) is 1.29. The van der Waals surface area contributed by atoms with Gasteiger partial charge in [-0.2, -0.15) is 0 Å². The highest BCUT2D eigenvalue weighted by molar-refractivity contribution is 9.10. The van der Waals surface area contributed by atoms with Gasteiger partial charge in [0.05, 0.1) is 4.92 Å². The van der Waals surface area contributed by atoms with Gasteiger partial charge in [0.1, 0.15) is 5.69 Å². The lowest BCUT2D eigenvalue weighted by Crippen LogP contribution is -2.10. The van der Waals surface area contributed by atoms with Crippen LogP contribution in [0.2, 0.25) is 0 Å². The summed E-state index contributed by atoms with van der Waals surface area (Å²) in [5.74, 6) is -1.18. The van der Waals surface area contributed by atoms with Crippen molar-refractivity contribution in [1.82, 2.24) is 0 Å². The first-order valence-electron chi connectivity index (χ1n) is 6.77. The predicted molar refractivity (Wildman–Crippen MR) is 82.9 cm³/mol. The fraction of sp³-hybridized carbons (Fsp3) is 0.429. The average molecular weight is 371 g/mol. The summed E-state index contributed by atoms with van der Waals surface area (Å²) in [5.41, 5.74) is 1.49. The summed E-state index contributed by atoms with van der Waals surface area (Å²) in [4.78, 5) is 32.9. The molecule has 118 valence electrons. The third-order valence-electron chi connectivity index (χ3n) is 3.70. The number of carboxylic acid groups (broad SMARTS) is 1. The molecule has 0 saturated heterocycles. The van der Waals surface area contributed by atoms with Gasteiger partial charge in [-0.25, -0.2) is 0 Å². The molecule has 1 aliphatic carbocycles. The summed E-state index contributed by atoms with van der Waals surface area (Å²) in [5, 5.41) is 22.7. The van der Waals surface area contributed by atoms with Gasteiger partial charge in [0.25, 0.3) is 5.69 Å². The molecule has 8 heteroatoms. The van der Waals surface area contributed by atoms with Crippen molar-refractivity contribution in [2.24, 2.45) is 5.92 Å². The van der Waals surface area contributed by atoms with Crippen LogP contribution >= 0.6 is 15.9 Å². The molecule has 0 radical (unpaired) electrons. The molecule has 0 aliphatic heterocycles. The van der Waals surface area contributed by atoms with Crippen molar-refractivity contribution in [3.63, 3.8) is 0 Å². The molecule has 0 heterocycles. The van der Waals surface area contributed by atoms with Crippen LogP contribution in [-0.4, -0.2) is 21.9 Å². The number of hydrogen-bond donors (Lipinski definition) is 2. The van der Waals surface area contributed by atoms with Crippen LogP contribution in [0.5, 0.6) is 0 Å². The SMILES string of the molecule is CC(=O)Nc1c(Br)cc2c(c1[N+](=O)[O-])CC(CCC(=O)O)C2. The number of nitrogens with one attached hydrogen (secondary N) is 1. The van der Waals surface area contributed by atoms with Gasteiger partial charge >= 0.3 is 5.97 Å². The number of aliphatic carboxylic acids is 1. The third-order valence-corrected chi connectivity index (χ3v) is 4.33. The number of carbonyl (C=O) groups is 2. The predicted octanol–water partition coefficient (Wildman–Crippen LogP) is 2.90. The molecule has 1 unspecified atom stereocenters. The Kier molecular flexibility index (Phi) is 4.80. The lowest BCUT2D eigenvalue weighted by atomic mass is 10.00. The lowest BCUT2D eigenvalue weighted by Gasteiger charge is -2.10. The normalized spacial score (nSPS) is 16.2. The van der Waals surface area contributed by atoms with Gasteiger partial charge in [0, 0.05) is 23.4 Å². The maximum absolute atomic E-state index is 11.4. The van der Waals surface area contributed by atoms with E-state index < -0.39 is 10.9 Å². The monoisotopic (exact) mass is 370 g/mol. The van der Waals surface area contributed by atoms with Crippen LogP contribution in [0.3, 0.4) is 0 Å². The molecule has 0 fully saturated rings. The molecule has 0 saturated carbocycles. The molecule has 0 spiro atoms. The molecule has 1 aromatic carbocycles. The molecular weight excluding hydrogens is 356 g/mol. The maximum Gasteiger partial charge on any atom is 0.303 e. The third kappa shape index (κ3) is 3.44. The molecular formula is C14H15BrN2O5. The summed E-state index contributed by atoms with van der Waals surface area (Å²) in [6.07, 6.45) is 1.60. The zero-order chi connectivity index (χ0) is 16.4. The molecule has 1 amide bonds. The number of nitro groups is 1. The number of nitrogens with zero attached hydrogens (tertiary/aromatic N) is 1. The largest absolute Gasteiger partial charge is 0.481 e. The minimum absolute atomic E-state index is 0.0478. The standard InChI is InChI=1S/C14H15BrN2O5/c1-7(18)16-13-11(15)6-9-4-8(2-3-12(19)20)5-10(9)14(13)17(21)22/h6,8H,2-5H2,1H3,(H,16,18)(H,19,20). The summed E-state index contributed by atoms with van der Waals surface area (Å²) in [6, 6.07) is 1.77. The van der Waals surface area contributed by atoms with Gasteiger partial charge in [-0.15, -0.1) is 0 Å². The molecule has 1 aromatic rings. The van der Waals surface area contributed by atoms with Crippen molar-refractivity contribution < 1.29 is 19.6 Å². The first kappa shape index (κ1) is 16.4. The van der Waals surface area contributed by atoms with Crippen molar-refractivity contribution in [2.45, 2.75) is 32.6 Å². The molecule has 1 atom stereocenters. The fourth-order valence-corrected chi connectivity index (χ4v) is 3.40. The van der Waals surface area contributed by atoms with E-state index in [0.29, 0.717) is 29.3 Å². The van der Waals surface area contributed by atoms with E-state index >= 15 is 0 Å². The Morgan fingerprint density at radius 3 is 2.73 bits per heavy atom. The number of anilines is 1. The van der Waals surface area contributed by atoms with E-state index in [1.165, 1.54) is 6.92 Å². The lowest BCUT2D eigenvalue weighted by molar-refractivity contribution is -0.384. The smallest absolute Gasteiger partial charge is 0.303 e. The van der Waals surface area contributed by atoms with E-state index in [4.69, 9.17) is 5.11 Å². The number of nitro benzene ring substituents is 1. The van der Waals surface area contributed by atoms with Crippen molar-refractivity contribution in [1.29, 1.82) is 0 Å². The van der Waals surface area contributed by atoms with Crippen molar-refractivity contribution in [3.05, 3.63) is 31.8 Å². The van der Waals surface area contributed by atoms with Crippen LogP contribution in [0.4, 0.5) is 11.4 Å². The maximum atomic E-state index is 11.4.